The molecule has 18 heavy (non-hydrogen) atoms. The molecule has 3 heteroatoms. The van der Waals surface area contributed by atoms with Crippen LogP contribution in [0, 0.1) is 16.7 Å². The van der Waals surface area contributed by atoms with Crippen LogP contribution < -0.4 is 5.32 Å². The molecule has 2 bridgehead atoms. The molecule has 0 amide bonds. The van der Waals surface area contributed by atoms with Crippen LogP contribution in [-0.4, -0.2) is 35.8 Å². The second kappa shape index (κ2) is 5.72. The lowest BCUT2D eigenvalue weighted by Crippen LogP contribution is -2.45. The molecule has 2 saturated carbocycles. The number of fused-ring (bicyclic) bond motifs is 2. The average Bonchev–Trinajstić information content (AvgIpc) is 2.66. The Morgan fingerprint density at radius 2 is 2.06 bits per heavy atom. The van der Waals surface area contributed by atoms with Gasteiger partial charge in [0.2, 0.25) is 0 Å². The summed E-state index contributed by atoms with van der Waals surface area (Å²) < 4.78 is 0. The van der Waals surface area contributed by atoms with E-state index in [0.29, 0.717) is 17.4 Å². The van der Waals surface area contributed by atoms with Gasteiger partial charge in [-0.05, 0) is 48.2 Å². The third-order valence-corrected chi connectivity index (χ3v) is 6.95. The maximum absolute atomic E-state index is 8.73. The Bertz CT molecular complexity index is 282. The van der Waals surface area contributed by atoms with Crippen molar-refractivity contribution in [3.8, 4) is 0 Å². The lowest BCUT2D eigenvalue weighted by molar-refractivity contribution is 0.122. The minimum atomic E-state index is 0.330. The molecule has 0 heterocycles. The van der Waals surface area contributed by atoms with E-state index >= 15 is 0 Å². The molecule has 0 aromatic rings. The highest BCUT2D eigenvalue weighted by Gasteiger charge is 2.60. The second-order valence-electron chi connectivity index (χ2n) is 6.81. The Hall–Kier alpha value is 0.270. The molecule has 3 atom stereocenters. The van der Waals surface area contributed by atoms with Crippen molar-refractivity contribution in [2.75, 3.05) is 24.7 Å². The van der Waals surface area contributed by atoms with Gasteiger partial charge in [0, 0.05) is 24.9 Å². The van der Waals surface area contributed by atoms with Gasteiger partial charge in [-0.3, -0.25) is 0 Å². The topological polar surface area (TPSA) is 32.3 Å². The van der Waals surface area contributed by atoms with E-state index in [1.807, 2.05) is 11.8 Å². The molecule has 3 unspecified atom stereocenters. The SMILES string of the molecule is CC1(C)C2CCC1(C)C(NCCSCCCO)C2. The zero-order chi connectivity index (χ0) is 13.2. The smallest absolute Gasteiger partial charge is 0.0438 e. The molecule has 2 aliphatic carbocycles. The molecular weight excluding hydrogens is 242 g/mol. The fraction of sp³-hybridized carbons (Fsp3) is 1.00. The van der Waals surface area contributed by atoms with Gasteiger partial charge >= 0.3 is 0 Å². The summed E-state index contributed by atoms with van der Waals surface area (Å²) in [5.41, 5.74) is 1.03. The maximum atomic E-state index is 8.73. The molecule has 0 aromatic heterocycles. The summed E-state index contributed by atoms with van der Waals surface area (Å²) in [4.78, 5) is 0. The van der Waals surface area contributed by atoms with Crippen molar-refractivity contribution >= 4 is 11.8 Å². The molecule has 2 N–H and O–H groups in total. The normalized spacial score (nSPS) is 37.3. The molecule has 0 aliphatic heterocycles. The van der Waals surface area contributed by atoms with E-state index in [2.05, 4.69) is 26.1 Å². The van der Waals surface area contributed by atoms with Gasteiger partial charge in [0.1, 0.15) is 0 Å². The molecule has 2 nitrogen and oxygen atoms in total. The van der Waals surface area contributed by atoms with E-state index in [0.717, 1.165) is 30.7 Å². The zero-order valence-corrected chi connectivity index (χ0v) is 13.0. The Labute approximate surface area is 116 Å². The molecule has 2 fully saturated rings. The van der Waals surface area contributed by atoms with Gasteiger partial charge in [-0.1, -0.05) is 20.8 Å². The van der Waals surface area contributed by atoms with E-state index in [1.54, 1.807) is 0 Å². The molecule has 2 rings (SSSR count). The highest BCUT2D eigenvalue weighted by Crippen LogP contribution is 2.65. The van der Waals surface area contributed by atoms with Gasteiger partial charge in [0.25, 0.3) is 0 Å². The minimum absolute atomic E-state index is 0.330. The number of nitrogens with one attached hydrogen (secondary N) is 1. The van der Waals surface area contributed by atoms with E-state index < -0.39 is 0 Å². The van der Waals surface area contributed by atoms with E-state index in [1.165, 1.54) is 25.0 Å². The first kappa shape index (κ1) is 14.7. The summed E-state index contributed by atoms with van der Waals surface area (Å²) in [5.74, 6) is 3.20. The average molecular weight is 271 g/mol. The predicted molar refractivity (Wildman–Crippen MR) is 80.0 cm³/mol. The van der Waals surface area contributed by atoms with Crippen LogP contribution in [0.2, 0.25) is 0 Å². The van der Waals surface area contributed by atoms with E-state index in [4.69, 9.17) is 5.11 Å². The highest BCUT2D eigenvalue weighted by atomic mass is 32.2. The summed E-state index contributed by atoms with van der Waals surface area (Å²) in [6, 6.07) is 0.727. The zero-order valence-electron chi connectivity index (χ0n) is 12.2. The first-order valence-corrected chi connectivity index (χ1v) is 8.60. The molecule has 0 saturated heterocycles. The number of hydrogen-bond acceptors (Lipinski definition) is 3. The van der Waals surface area contributed by atoms with Crippen molar-refractivity contribution < 1.29 is 5.11 Å². The number of hydrogen-bond donors (Lipinski definition) is 2. The Morgan fingerprint density at radius 1 is 1.28 bits per heavy atom. The fourth-order valence-corrected chi connectivity index (χ4v) is 4.89. The summed E-state index contributed by atoms with van der Waals surface area (Å²) >= 11 is 1.96. The molecule has 0 radical (unpaired) electrons. The lowest BCUT2D eigenvalue weighted by atomic mass is 9.69. The van der Waals surface area contributed by atoms with E-state index in [-0.39, 0.29) is 0 Å². The first-order chi connectivity index (χ1) is 8.52. The summed E-state index contributed by atoms with van der Waals surface area (Å²) in [6.07, 6.45) is 5.15. The molecule has 0 spiro atoms. The van der Waals surface area contributed by atoms with Gasteiger partial charge < -0.3 is 10.4 Å². The monoisotopic (exact) mass is 271 g/mol. The van der Waals surface area contributed by atoms with Crippen molar-refractivity contribution in [1.29, 1.82) is 0 Å². The molecule has 0 aromatic carbocycles. The lowest BCUT2D eigenvalue weighted by Gasteiger charge is -2.39. The standard InChI is InChI=1S/C15H29NOS/c1-14(2)12-5-6-15(14,3)13(11-12)16-7-10-18-9-4-8-17/h12-13,16-17H,4-11H2,1-3H3. The molecular formula is C15H29NOS. The third-order valence-electron chi connectivity index (χ3n) is 5.88. The highest BCUT2D eigenvalue weighted by molar-refractivity contribution is 7.99. The predicted octanol–water partition coefficient (Wildman–Crippen LogP) is 2.91. The fourth-order valence-electron chi connectivity index (χ4n) is 4.09. The van der Waals surface area contributed by atoms with Crippen molar-refractivity contribution in [1.82, 2.24) is 5.32 Å². The van der Waals surface area contributed by atoms with Crippen LogP contribution >= 0.6 is 11.8 Å². The Morgan fingerprint density at radius 3 is 2.61 bits per heavy atom. The summed E-state index contributed by atoms with van der Waals surface area (Å²) in [7, 11) is 0. The van der Waals surface area contributed by atoms with Crippen LogP contribution in [0.15, 0.2) is 0 Å². The van der Waals surface area contributed by atoms with Crippen molar-refractivity contribution in [2.45, 2.75) is 52.5 Å². The third kappa shape index (κ3) is 2.46. The minimum Gasteiger partial charge on any atom is -0.396 e. The van der Waals surface area contributed by atoms with Crippen LogP contribution in [0.5, 0.6) is 0 Å². The van der Waals surface area contributed by atoms with Gasteiger partial charge in [-0.25, -0.2) is 0 Å². The number of thioether (sulfide) groups is 1. The van der Waals surface area contributed by atoms with Gasteiger partial charge in [-0.2, -0.15) is 11.8 Å². The quantitative estimate of drug-likeness (QED) is 0.698. The molecule has 106 valence electrons. The van der Waals surface area contributed by atoms with Gasteiger partial charge in [0.15, 0.2) is 0 Å². The largest absolute Gasteiger partial charge is 0.396 e. The van der Waals surface area contributed by atoms with E-state index in [9.17, 15) is 0 Å². The number of rotatable bonds is 7. The summed E-state index contributed by atoms with van der Waals surface area (Å²) in [5, 5.41) is 12.5. The van der Waals surface area contributed by atoms with Crippen LogP contribution in [0.4, 0.5) is 0 Å². The van der Waals surface area contributed by atoms with Crippen LogP contribution in [0.25, 0.3) is 0 Å². The maximum Gasteiger partial charge on any atom is 0.0438 e. The van der Waals surface area contributed by atoms with Crippen LogP contribution in [0.1, 0.15) is 46.5 Å². The Kier molecular flexibility index (Phi) is 4.66. The van der Waals surface area contributed by atoms with Crippen molar-refractivity contribution in [3.05, 3.63) is 0 Å². The van der Waals surface area contributed by atoms with Crippen molar-refractivity contribution in [3.63, 3.8) is 0 Å². The first-order valence-electron chi connectivity index (χ1n) is 7.44. The van der Waals surface area contributed by atoms with Gasteiger partial charge in [-0.15, -0.1) is 0 Å². The van der Waals surface area contributed by atoms with Crippen molar-refractivity contribution in [2.24, 2.45) is 16.7 Å². The summed E-state index contributed by atoms with van der Waals surface area (Å²) in [6.45, 7) is 8.90. The van der Waals surface area contributed by atoms with Gasteiger partial charge in [0.05, 0.1) is 0 Å². The second-order valence-corrected chi connectivity index (χ2v) is 8.03. The number of aliphatic hydroxyl groups excluding tert-OH is 1. The van der Waals surface area contributed by atoms with Crippen LogP contribution in [-0.2, 0) is 0 Å². The van der Waals surface area contributed by atoms with Crippen LogP contribution in [0.3, 0.4) is 0 Å². The Balaban J connectivity index is 1.72. The number of aliphatic hydroxyl groups is 1. The molecule has 2 aliphatic rings.